The molecule has 3 rings (SSSR count). The first-order valence-corrected chi connectivity index (χ1v) is 8.94. The molecular weight excluding hydrogens is 356 g/mol. The number of hydrogen-bond acceptors (Lipinski definition) is 5. The normalized spacial score (nSPS) is 11.5. The molecule has 0 radical (unpaired) electrons. The van der Waals surface area contributed by atoms with E-state index in [4.69, 9.17) is 0 Å². The number of aryl methyl sites for hydroxylation is 2. The molecule has 0 fully saturated rings. The number of phenols is 1. The summed E-state index contributed by atoms with van der Waals surface area (Å²) in [6, 6.07) is 10.2. The van der Waals surface area contributed by atoms with Gasteiger partial charge < -0.3 is 5.11 Å². The SMILES string of the molecule is Cc1cc(/C=N/NC(=O)c2nn(C(C)C)c(=O)c3ccccc23)cc(C)c1O. The molecule has 0 aliphatic heterocycles. The Bertz CT molecular complexity index is 1120. The maximum atomic E-state index is 12.7. The first-order valence-electron chi connectivity index (χ1n) is 8.94. The van der Waals surface area contributed by atoms with E-state index in [0.717, 1.165) is 16.7 Å². The number of aromatic hydroxyl groups is 1. The summed E-state index contributed by atoms with van der Waals surface area (Å²) < 4.78 is 1.30. The zero-order valence-corrected chi connectivity index (χ0v) is 16.2. The average molecular weight is 378 g/mol. The van der Waals surface area contributed by atoms with Crippen molar-refractivity contribution in [2.75, 3.05) is 0 Å². The van der Waals surface area contributed by atoms with Gasteiger partial charge in [-0.1, -0.05) is 18.2 Å². The van der Waals surface area contributed by atoms with Crippen molar-refractivity contribution in [2.24, 2.45) is 5.10 Å². The molecule has 3 aromatic rings. The van der Waals surface area contributed by atoms with Crippen LogP contribution >= 0.6 is 0 Å². The van der Waals surface area contributed by atoms with Crippen LogP contribution in [0, 0.1) is 13.8 Å². The largest absolute Gasteiger partial charge is 0.507 e. The molecule has 28 heavy (non-hydrogen) atoms. The molecule has 0 saturated carbocycles. The van der Waals surface area contributed by atoms with Crippen LogP contribution in [0.3, 0.4) is 0 Å². The molecule has 144 valence electrons. The molecule has 7 heteroatoms. The van der Waals surface area contributed by atoms with Crippen molar-refractivity contribution in [3.8, 4) is 5.75 Å². The third-order valence-corrected chi connectivity index (χ3v) is 4.43. The molecule has 1 aromatic heterocycles. The van der Waals surface area contributed by atoms with Gasteiger partial charge >= 0.3 is 0 Å². The summed E-state index contributed by atoms with van der Waals surface area (Å²) in [6.45, 7) is 7.25. The number of fused-ring (bicyclic) bond motifs is 1. The minimum absolute atomic E-state index is 0.138. The highest BCUT2D eigenvalue weighted by Crippen LogP contribution is 2.22. The van der Waals surface area contributed by atoms with E-state index in [0.29, 0.717) is 10.8 Å². The van der Waals surface area contributed by atoms with Crippen LogP contribution in [0.25, 0.3) is 10.8 Å². The number of phenolic OH excluding ortho intramolecular Hbond substituents is 1. The lowest BCUT2D eigenvalue weighted by Crippen LogP contribution is -2.30. The lowest BCUT2D eigenvalue weighted by molar-refractivity contribution is 0.0949. The lowest BCUT2D eigenvalue weighted by atomic mass is 10.1. The quantitative estimate of drug-likeness (QED) is 0.539. The molecule has 0 saturated heterocycles. The van der Waals surface area contributed by atoms with E-state index >= 15 is 0 Å². The van der Waals surface area contributed by atoms with Crippen molar-refractivity contribution >= 4 is 22.9 Å². The summed E-state index contributed by atoms with van der Waals surface area (Å²) in [5.41, 5.74) is 4.57. The minimum atomic E-state index is -0.505. The van der Waals surface area contributed by atoms with E-state index < -0.39 is 5.91 Å². The predicted molar refractivity (Wildman–Crippen MR) is 109 cm³/mol. The third kappa shape index (κ3) is 3.64. The Morgan fingerprint density at radius 2 is 1.79 bits per heavy atom. The second-order valence-corrected chi connectivity index (χ2v) is 6.94. The summed E-state index contributed by atoms with van der Waals surface area (Å²) in [6.07, 6.45) is 1.50. The Balaban J connectivity index is 1.94. The van der Waals surface area contributed by atoms with Crippen molar-refractivity contribution in [2.45, 2.75) is 33.7 Å². The van der Waals surface area contributed by atoms with Crippen molar-refractivity contribution in [1.82, 2.24) is 15.2 Å². The fourth-order valence-electron chi connectivity index (χ4n) is 3.01. The summed E-state index contributed by atoms with van der Waals surface area (Å²) in [5, 5.41) is 19.0. The maximum absolute atomic E-state index is 12.7. The first-order chi connectivity index (χ1) is 13.3. The second kappa shape index (κ2) is 7.64. The summed E-state index contributed by atoms with van der Waals surface area (Å²) >= 11 is 0. The van der Waals surface area contributed by atoms with Crippen LogP contribution in [0.15, 0.2) is 46.3 Å². The summed E-state index contributed by atoms with van der Waals surface area (Å²) in [4.78, 5) is 25.2. The number of nitrogens with one attached hydrogen (secondary N) is 1. The van der Waals surface area contributed by atoms with Gasteiger partial charge in [0, 0.05) is 5.39 Å². The highest BCUT2D eigenvalue weighted by Gasteiger charge is 2.17. The Morgan fingerprint density at radius 3 is 2.39 bits per heavy atom. The topological polar surface area (TPSA) is 96.6 Å². The number of carbonyl (C=O) groups excluding carboxylic acids is 1. The van der Waals surface area contributed by atoms with Crippen LogP contribution in [-0.2, 0) is 0 Å². The molecule has 0 atom stereocenters. The number of hydrogen-bond donors (Lipinski definition) is 2. The molecular formula is C21H22N4O3. The second-order valence-electron chi connectivity index (χ2n) is 6.94. The zero-order chi connectivity index (χ0) is 20.4. The van der Waals surface area contributed by atoms with E-state index in [1.807, 2.05) is 13.8 Å². The number of benzene rings is 2. The fraction of sp³-hybridized carbons (Fsp3) is 0.238. The van der Waals surface area contributed by atoms with E-state index in [2.05, 4.69) is 15.6 Å². The molecule has 0 aliphatic carbocycles. The zero-order valence-electron chi connectivity index (χ0n) is 16.2. The smallest absolute Gasteiger partial charge is 0.292 e. The van der Waals surface area contributed by atoms with E-state index in [1.165, 1.54) is 10.9 Å². The minimum Gasteiger partial charge on any atom is -0.507 e. The number of amides is 1. The van der Waals surface area contributed by atoms with E-state index in [1.54, 1.807) is 50.2 Å². The lowest BCUT2D eigenvalue weighted by Gasteiger charge is -2.12. The highest BCUT2D eigenvalue weighted by atomic mass is 16.3. The molecule has 1 amide bonds. The molecule has 2 aromatic carbocycles. The number of nitrogens with zero attached hydrogens (tertiary/aromatic N) is 3. The van der Waals surface area contributed by atoms with Gasteiger partial charge in [-0.3, -0.25) is 9.59 Å². The number of rotatable bonds is 4. The molecule has 0 spiro atoms. The highest BCUT2D eigenvalue weighted by molar-refractivity contribution is 6.05. The van der Waals surface area contributed by atoms with E-state index in [9.17, 15) is 14.7 Å². The van der Waals surface area contributed by atoms with Crippen molar-refractivity contribution < 1.29 is 9.90 Å². The number of carbonyl (C=O) groups is 1. The van der Waals surface area contributed by atoms with Gasteiger partial charge in [-0.05, 0) is 62.6 Å². The van der Waals surface area contributed by atoms with Gasteiger partial charge in [-0.15, -0.1) is 0 Å². The molecule has 0 unspecified atom stereocenters. The monoisotopic (exact) mass is 378 g/mol. The Labute approximate surface area is 162 Å². The summed E-state index contributed by atoms with van der Waals surface area (Å²) in [5.74, 6) is -0.262. The van der Waals surface area contributed by atoms with Gasteiger partial charge in [-0.25, -0.2) is 10.1 Å². The standard InChI is InChI=1S/C21H22N4O3/c1-12(2)25-21(28)17-8-6-5-7-16(17)18(24-25)20(27)23-22-11-15-9-13(3)19(26)14(4)10-15/h5-12,26H,1-4H3,(H,23,27)/b22-11+. The van der Waals surface area contributed by atoms with Crippen molar-refractivity contribution in [1.29, 1.82) is 0 Å². The maximum Gasteiger partial charge on any atom is 0.292 e. The summed E-state index contributed by atoms with van der Waals surface area (Å²) in [7, 11) is 0. The van der Waals surface area contributed by atoms with Crippen molar-refractivity contribution in [3.63, 3.8) is 0 Å². The van der Waals surface area contributed by atoms with Crippen molar-refractivity contribution in [3.05, 3.63) is 69.1 Å². The molecule has 2 N–H and O–H groups in total. The Kier molecular flexibility index (Phi) is 5.26. The molecule has 1 heterocycles. The van der Waals surface area contributed by atoms with Gasteiger partial charge in [0.15, 0.2) is 5.69 Å². The van der Waals surface area contributed by atoms with Gasteiger partial charge in [0.25, 0.3) is 11.5 Å². The molecule has 7 nitrogen and oxygen atoms in total. The van der Waals surface area contributed by atoms with E-state index in [-0.39, 0.29) is 23.0 Å². The van der Waals surface area contributed by atoms with Crippen LogP contribution < -0.4 is 11.0 Å². The predicted octanol–water partition coefficient (Wildman–Crippen LogP) is 3.06. The Morgan fingerprint density at radius 1 is 1.18 bits per heavy atom. The molecule has 0 bridgehead atoms. The number of aromatic nitrogens is 2. The third-order valence-electron chi connectivity index (χ3n) is 4.43. The Hall–Kier alpha value is -3.48. The molecule has 0 aliphatic rings. The van der Waals surface area contributed by atoms with Gasteiger partial charge in [0.05, 0.1) is 17.6 Å². The van der Waals surface area contributed by atoms with Crippen LogP contribution in [0.5, 0.6) is 5.75 Å². The van der Waals surface area contributed by atoms with Crippen LogP contribution in [0.1, 0.15) is 47.1 Å². The van der Waals surface area contributed by atoms with Crippen LogP contribution in [0.4, 0.5) is 0 Å². The average Bonchev–Trinajstić information content (AvgIpc) is 2.66. The van der Waals surface area contributed by atoms with Gasteiger partial charge in [-0.2, -0.15) is 10.2 Å². The van der Waals surface area contributed by atoms with Crippen LogP contribution in [-0.4, -0.2) is 27.0 Å². The first kappa shape index (κ1) is 19.3. The number of hydrazone groups is 1. The van der Waals surface area contributed by atoms with Gasteiger partial charge in [0.2, 0.25) is 0 Å². The fourth-order valence-corrected chi connectivity index (χ4v) is 3.01. The van der Waals surface area contributed by atoms with Crippen LogP contribution in [0.2, 0.25) is 0 Å². The van der Waals surface area contributed by atoms with Gasteiger partial charge in [0.1, 0.15) is 5.75 Å².